The summed E-state index contributed by atoms with van der Waals surface area (Å²) < 4.78 is 0. The summed E-state index contributed by atoms with van der Waals surface area (Å²) in [5.41, 5.74) is 0.275. The third-order valence-electron chi connectivity index (χ3n) is 2.09. The number of carbonyl (C=O) groups excluding carboxylic acids is 2. The predicted molar refractivity (Wildman–Crippen MR) is 66.5 cm³/mol. The van der Waals surface area contributed by atoms with Gasteiger partial charge < -0.3 is 15.2 Å². The first kappa shape index (κ1) is 13.9. The summed E-state index contributed by atoms with van der Waals surface area (Å²) in [6, 6.07) is 1.44. The fourth-order valence-corrected chi connectivity index (χ4v) is 1.44. The van der Waals surface area contributed by atoms with Crippen LogP contribution in [0.4, 0.5) is 0 Å². The number of nitrogens with zero attached hydrogens (tertiary/aromatic N) is 1. The molecular weight excluding hydrogens is 265 g/mol. The molecule has 0 fully saturated rings. The lowest BCUT2D eigenvalue weighted by atomic mass is 10.3. The van der Waals surface area contributed by atoms with Crippen molar-refractivity contribution in [3.05, 3.63) is 21.9 Å². The lowest BCUT2D eigenvalue weighted by Crippen LogP contribution is -2.30. The number of H-pyrrole nitrogens is 1. The van der Waals surface area contributed by atoms with Crippen molar-refractivity contribution in [2.75, 3.05) is 20.6 Å². The van der Waals surface area contributed by atoms with Crippen LogP contribution < -0.4 is 5.32 Å². The monoisotopic (exact) mass is 277 g/mol. The number of hydrogen-bond acceptors (Lipinski definition) is 2. The van der Waals surface area contributed by atoms with Gasteiger partial charge in [0.15, 0.2) is 0 Å². The Kier molecular flexibility index (Phi) is 4.84. The van der Waals surface area contributed by atoms with E-state index in [4.69, 9.17) is 23.2 Å². The zero-order valence-electron chi connectivity index (χ0n) is 9.51. The predicted octanol–water partition coefficient (Wildman–Crippen LogP) is 1.53. The van der Waals surface area contributed by atoms with Gasteiger partial charge in [-0.15, -0.1) is 0 Å². The molecule has 5 nitrogen and oxygen atoms in total. The third-order valence-corrected chi connectivity index (χ3v) is 2.79. The van der Waals surface area contributed by atoms with Crippen molar-refractivity contribution in [3.63, 3.8) is 0 Å². The van der Waals surface area contributed by atoms with E-state index in [-0.39, 0.29) is 35.6 Å². The Hall–Kier alpha value is -1.20. The van der Waals surface area contributed by atoms with Gasteiger partial charge in [-0.3, -0.25) is 9.59 Å². The van der Waals surface area contributed by atoms with Crippen molar-refractivity contribution < 1.29 is 9.59 Å². The van der Waals surface area contributed by atoms with Gasteiger partial charge in [-0.25, -0.2) is 0 Å². The first-order valence-corrected chi connectivity index (χ1v) is 5.69. The van der Waals surface area contributed by atoms with Gasteiger partial charge in [0.2, 0.25) is 5.91 Å². The van der Waals surface area contributed by atoms with Gasteiger partial charge in [-0.1, -0.05) is 23.2 Å². The Bertz CT molecular complexity index is 410. The molecule has 0 aliphatic rings. The molecular formula is C10H13Cl2N3O2. The summed E-state index contributed by atoms with van der Waals surface area (Å²) in [4.78, 5) is 26.9. The molecule has 1 aromatic rings. The fourth-order valence-electron chi connectivity index (χ4n) is 1.13. The first-order valence-electron chi connectivity index (χ1n) is 4.94. The Morgan fingerprint density at radius 2 is 2.06 bits per heavy atom. The second-order valence-electron chi connectivity index (χ2n) is 3.64. The fraction of sp³-hybridized carbons (Fsp3) is 0.400. The molecule has 0 aliphatic heterocycles. The molecule has 0 spiro atoms. The minimum atomic E-state index is -0.342. The first-order chi connectivity index (χ1) is 7.91. The van der Waals surface area contributed by atoms with E-state index >= 15 is 0 Å². The molecule has 0 saturated heterocycles. The van der Waals surface area contributed by atoms with Crippen LogP contribution in [0.25, 0.3) is 0 Å². The van der Waals surface area contributed by atoms with E-state index in [9.17, 15) is 9.59 Å². The van der Waals surface area contributed by atoms with Crippen LogP contribution in [0.2, 0.25) is 10.2 Å². The maximum atomic E-state index is 11.6. The second kappa shape index (κ2) is 5.93. The number of halogens is 2. The van der Waals surface area contributed by atoms with Crippen molar-refractivity contribution >= 4 is 35.0 Å². The second-order valence-corrected chi connectivity index (χ2v) is 4.42. The van der Waals surface area contributed by atoms with Gasteiger partial charge in [0.25, 0.3) is 5.91 Å². The maximum absolute atomic E-state index is 11.6. The van der Waals surface area contributed by atoms with Crippen LogP contribution in [-0.2, 0) is 4.79 Å². The number of nitrogens with one attached hydrogen (secondary N) is 2. The molecule has 1 aromatic heterocycles. The van der Waals surface area contributed by atoms with Gasteiger partial charge in [0.05, 0.1) is 5.02 Å². The van der Waals surface area contributed by atoms with Gasteiger partial charge in [0.1, 0.15) is 10.8 Å². The quantitative estimate of drug-likeness (QED) is 0.877. The highest BCUT2D eigenvalue weighted by molar-refractivity contribution is 6.41. The molecule has 94 valence electrons. The summed E-state index contributed by atoms with van der Waals surface area (Å²) in [5.74, 6) is -0.391. The highest BCUT2D eigenvalue weighted by atomic mass is 35.5. The van der Waals surface area contributed by atoms with E-state index < -0.39 is 0 Å². The third kappa shape index (κ3) is 3.94. The molecule has 0 aromatic carbocycles. The van der Waals surface area contributed by atoms with E-state index in [0.29, 0.717) is 5.02 Å². The molecule has 1 rings (SSSR count). The average molecular weight is 278 g/mol. The smallest absolute Gasteiger partial charge is 0.267 e. The van der Waals surface area contributed by atoms with Crippen molar-refractivity contribution in [1.29, 1.82) is 0 Å². The average Bonchev–Trinajstić information content (AvgIpc) is 2.59. The van der Waals surface area contributed by atoms with Crippen molar-refractivity contribution in [1.82, 2.24) is 15.2 Å². The summed E-state index contributed by atoms with van der Waals surface area (Å²) in [6.07, 6.45) is 0.251. The highest BCUT2D eigenvalue weighted by Crippen LogP contribution is 2.21. The van der Waals surface area contributed by atoms with E-state index in [0.717, 1.165) is 0 Å². The molecule has 17 heavy (non-hydrogen) atoms. The molecule has 0 unspecified atom stereocenters. The van der Waals surface area contributed by atoms with Gasteiger partial charge in [-0.05, 0) is 6.07 Å². The highest BCUT2D eigenvalue weighted by Gasteiger charge is 2.11. The SMILES string of the molecule is CN(C)C(=O)CCNC(=O)c1cc(Cl)c(Cl)[nH]1. The molecule has 7 heteroatoms. The number of aromatic amines is 1. The van der Waals surface area contributed by atoms with Gasteiger partial charge in [0, 0.05) is 27.1 Å². The molecule has 0 radical (unpaired) electrons. The maximum Gasteiger partial charge on any atom is 0.267 e. The Labute approximate surface area is 109 Å². The minimum Gasteiger partial charge on any atom is -0.350 e. The largest absolute Gasteiger partial charge is 0.350 e. The normalized spacial score (nSPS) is 10.1. The lowest BCUT2D eigenvalue weighted by molar-refractivity contribution is -0.128. The van der Waals surface area contributed by atoms with E-state index in [1.807, 2.05) is 0 Å². The molecule has 0 bridgehead atoms. The zero-order valence-corrected chi connectivity index (χ0v) is 11.0. The molecule has 1 heterocycles. The Morgan fingerprint density at radius 1 is 1.41 bits per heavy atom. The van der Waals surface area contributed by atoms with E-state index in [1.165, 1.54) is 11.0 Å². The summed E-state index contributed by atoms with van der Waals surface area (Å²) >= 11 is 11.4. The summed E-state index contributed by atoms with van der Waals surface area (Å²) in [7, 11) is 3.32. The minimum absolute atomic E-state index is 0.0483. The molecule has 2 N–H and O–H groups in total. The van der Waals surface area contributed by atoms with Gasteiger partial charge in [-0.2, -0.15) is 0 Å². The van der Waals surface area contributed by atoms with Crippen molar-refractivity contribution in [2.24, 2.45) is 0 Å². The Balaban J connectivity index is 2.43. The standard InChI is InChI=1S/C10H13Cl2N3O2/c1-15(2)8(16)3-4-13-10(17)7-5-6(11)9(12)14-7/h5,14H,3-4H2,1-2H3,(H,13,17). The number of hydrogen-bond donors (Lipinski definition) is 2. The van der Waals surface area contributed by atoms with E-state index in [2.05, 4.69) is 10.3 Å². The van der Waals surface area contributed by atoms with Gasteiger partial charge >= 0.3 is 0 Å². The summed E-state index contributed by atoms with van der Waals surface area (Å²) in [5, 5.41) is 3.11. The molecule has 0 saturated carbocycles. The zero-order chi connectivity index (χ0) is 13.0. The van der Waals surface area contributed by atoms with Crippen LogP contribution in [-0.4, -0.2) is 42.3 Å². The molecule has 2 amide bonds. The van der Waals surface area contributed by atoms with Crippen LogP contribution in [0.15, 0.2) is 6.07 Å². The van der Waals surface area contributed by atoms with Crippen LogP contribution in [0.3, 0.4) is 0 Å². The van der Waals surface area contributed by atoms with Crippen LogP contribution in [0.1, 0.15) is 16.9 Å². The van der Waals surface area contributed by atoms with Crippen molar-refractivity contribution in [2.45, 2.75) is 6.42 Å². The van der Waals surface area contributed by atoms with Crippen LogP contribution in [0, 0.1) is 0 Å². The van der Waals surface area contributed by atoms with E-state index in [1.54, 1.807) is 14.1 Å². The number of amides is 2. The topological polar surface area (TPSA) is 65.2 Å². The van der Waals surface area contributed by atoms with Crippen LogP contribution in [0.5, 0.6) is 0 Å². The number of aromatic nitrogens is 1. The van der Waals surface area contributed by atoms with Crippen molar-refractivity contribution in [3.8, 4) is 0 Å². The lowest BCUT2D eigenvalue weighted by Gasteiger charge is -2.10. The molecule has 0 aliphatic carbocycles. The van der Waals surface area contributed by atoms with Crippen LogP contribution >= 0.6 is 23.2 Å². The number of carbonyl (C=O) groups is 2. The molecule has 0 atom stereocenters. The number of rotatable bonds is 4. The summed E-state index contributed by atoms with van der Waals surface area (Å²) in [6.45, 7) is 0.268. The Morgan fingerprint density at radius 3 is 2.53 bits per heavy atom.